The second-order valence-corrected chi connectivity index (χ2v) is 13.9. The zero-order chi connectivity index (χ0) is 34.7. The van der Waals surface area contributed by atoms with Crippen molar-refractivity contribution in [2.45, 2.75) is 81.9 Å². The van der Waals surface area contributed by atoms with Gasteiger partial charge in [0.05, 0.1) is 22.4 Å². The van der Waals surface area contributed by atoms with E-state index >= 15 is 4.79 Å². The summed E-state index contributed by atoms with van der Waals surface area (Å²) < 4.78 is 6.01. The maximum atomic E-state index is 16.0. The molecule has 0 saturated carbocycles. The highest BCUT2D eigenvalue weighted by Crippen LogP contribution is 2.62. The molecule has 7 heteroatoms. The van der Waals surface area contributed by atoms with Crippen LogP contribution < -0.4 is 0 Å². The highest BCUT2D eigenvalue weighted by molar-refractivity contribution is 6.01. The average molecular weight is 655 g/mol. The van der Waals surface area contributed by atoms with Crippen LogP contribution >= 0.6 is 0 Å². The Balaban J connectivity index is 1.70. The number of aromatic amines is 1. The van der Waals surface area contributed by atoms with E-state index in [1.165, 1.54) is 4.90 Å². The topological polar surface area (TPSA) is 87.1 Å². The number of nitrogens with one attached hydrogen (secondary N) is 1. The molecule has 6 rings (SSSR count). The van der Waals surface area contributed by atoms with Gasteiger partial charge in [-0.3, -0.25) is 14.8 Å². The fraction of sp³-hybridized carbons (Fsp3) is 0.333. The molecule has 0 saturated heterocycles. The number of nitrogens with zero attached hydrogens (tertiary/aromatic N) is 3. The first-order chi connectivity index (χ1) is 23.6. The molecule has 1 N–H and O–H groups in total. The monoisotopic (exact) mass is 654 g/mol. The van der Waals surface area contributed by atoms with Crippen LogP contribution in [0.15, 0.2) is 125 Å². The Hall–Kier alpha value is -5.04. The summed E-state index contributed by atoms with van der Waals surface area (Å²) in [4.78, 5) is 45.7. The lowest BCUT2D eigenvalue weighted by Gasteiger charge is -2.58. The number of allylic oxidation sites excluding steroid dienone is 2. The second-order valence-electron chi connectivity index (χ2n) is 13.9. The minimum absolute atomic E-state index is 0.137. The van der Waals surface area contributed by atoms with E-state index in [1.807, 2.05) is 124 Å². The molecule has 2 aliphatic rings. The number of H-pyrrole nitrogens is 1. The van der Waals surface area contributed by atoms with Crippen LogP contribution in [-0.4, -0.2) is 57.5 Å². The molecule has 4 aromatic rings. The number of benzene rings is 3. The molecule has 7 nitrogen and oxygen atoms in total. The molecule has 252 valence electrons. The van der Waals surface area contributed by atoms with Gasteiger partial charge in [0.15, 0.2) is 0 Å². The Morgan fingerprint density at radius 1 is 0.816 bits per heavy atom. The molecule has 3 unspecified atom stereocenters. The third kappa shape index (κ3) is 5.85. The first-order valence-corrected chi connectivity index (χ1v) is 17.3. The lowest BCUT2D eigenvalue weighted by atomic mass is 9.47. The van der Waals surface area contributed by atoms with E-state index < -0.39 is 34.1 Å². The van der Waals surface area contributed by atoms with Gasteiger partial charge in [-0.25, -0.2) is 9.69 Å². The number of para-hydroxylation sites is 1. The lowest BCUT2D eigenvalue weighted by molar-refractivity contribution is -0.135. The highest BCUT2D eigenvalue weighted by atomic mass is 16.6. The smallest absolute Gasteiger partial charge is 0.417 e. The minimum atomic E-state index is -1.13. The van der Waals surface area contributed by atoms with E-state index in [2.05, 4.69) is 43.1 Å². The summed E-state index contributed by atoms with van der Waals surface area (Å²) in [6.07, 6.45) is 14.8. The van der Waals surface area contributed by atoms with Gasteiger partial charge in [0.25, 0.3) is 0 Å². The quantitative estimate of drug-likeness (QED) is 0.175. The second kappa shape index (κ2) is 13.5. The number of fused-ring (bicyclic) bond motifs is 1. The van der Waals surface area contributed by atoms with Crippen molar-refractivity contribution in [2.24, 2.45) is 9.98 Å². The average Bonchev–Trinajstić information content (AvgIpc) is 3.89. The van der Waals surface area contributed by atoms with Crippen molar-refractivity contribution in [3.8, 4) is 0 Å². The number of carbonyl (C=O) groups excluding carboxylic acids is 2. The van der Waals surface area contributed by atoms with Crippen molar-refractivity contribution in [1.29, 1.82) is 0 Å². The van der Waals surface area contributed by atoms with Gasteiger partial charge >= 0.3 is 6.09 Å². The molecule has 3 atom stereocenters. The zero-order valence-electron chi connectivity index (χ0n) is 29.1. The van der Waals surface area contributed by atoms with E-state index in [1.54, 1.807) is 0 Å². The molecule has 0 radical (unpaired) electrons. The number of hydrogen-bond donors (Lipinski definition) is 1. The summed E-state index contributed by atoms with van der Waals surface area (Å²) in [5.41, 5.74) is -0.150. The summed E-state index contributed by atoms with van der Waals surface area (Å²) in [5.74, 6) is -1.29. The van der Waals surface area contributed by atoms with Crippen LogP contribution in [-0.2, 0) is 21.4 Å². The Labute approximate surface area is 289 Å². The maximum absolute atomic E-state index is 16.0. The number of rotatable bonds is 11. The summed E-state index contributed by atoms with van der Waals surface area (Å²) in [6, 6.07) is 28.1. The molecule has 0 bridgehead atoms. The van der Waals surface area contributed by atoms with E-state index in [0.717, 1.165) is 27.6 Å². The number of ether oxygens (including phenoxy) is 1. The van der Waals surface area contributed by atoms with Crippen molar-refractivity contribution in [1.82, 2.24) is 9.88 Å². The van der Waals surface area contributed by atoms with Gasteiger partial charge in [0, 0.05) is 36.1 Å². The van der Waals surface area contributed by atoms with Crippen LogP contribution in [0, 0.1) is 0 Å². The Morgan fingerprint density at radius 2 is 1.39 bits per heavy atom. The Morgan fingerprint density at radius 3 is 1.94 bits per heavy atom. The van der Waals surface area contributed by atoms with Gasteiger partial charge < -0.3 is 9.72 Å². The molecule has 1 aromatic heterocycles. The number of hydrogen-bond acceptors (Lipinski definition) is 5. The van der Waals surface area contributed by atoms with Crippen molar-refractivity contribution >= 4 is 35.3 Å². The van der Waals surface area contributed by atoms with Crippen LogP contribution in [0.4, 0.5) is 4.79 Å². The fourth-order valence-corrected chi connectivity index (χ4v) is 8.06. The molecule has 0 spiro atoms. The first kappa shape index (κ1) is 33.8. The minimum Gasteiger partial charge on any atom is -0.443 e. The molecule has 49 heavy (non-hydrogen) atoms. The Kier molecular flexibility index (Phi) is 9.30. The molecular formula is C42H46N4O3. The predicted octanol–water partition coefficient (Wildman–Crippen LogP) is 8.77. The highest BCUT2D eigenvalue weighted by Gasteiger charge is 2.68. The summed E-state index contributed by atoms with van der Waals surface area (Å²) in [6.45, 7) is 9.85. The zero-order valence-corrected chi connectivity index (χ0v) is 29.1. The first-order valence-electron chi connectivity index (χ1n) is 17.3. The summed E-state index contributed by atoms with van der Waals surface area (Å²) >= 11 is 0. The van der Waals surface area contributed by atoms with Crippen LogP contribution in [0.2, 0.25) is 0 Å². The molecule has 3 aromatic carbocycles. The van der Waals surface area contributed by atoms with Gasteiger partial charge in [-0.2, -0.15) is 0 Å². The van der Waals surface area contributed by atoms with E-state index in [-0.39, 0.29) is 12.5 Å². The van der Waals surface area contributed by atoms with Gasteiger partial charge in [0.2, 0.25) is 5.91 Å². The fourth-order valence-electron chi connectivity index (χ4n) is 8.06. The number of imide groups is 1. The Bertz CT molecular complexity index is 1850. The van der Waals surface area contributed by atoms with Crippen LogP contribution in [0.1, 0.15) is 70.1 Å². The standard InChI is InChI=1S/C42H46N4O3/c1-6-40(25-16-27-44-40)42(32-20-12-9-13-21-32,41(7-2)26-17-28-45-41)36(34-30-43-35-23-15-14-22-33(34)35)37(47)46(38(48)49-39(3,4)5)29-24-31-18-10-8-11-19-31/h8-23,25-28,30,36,43H,6-7,24,29H2,1-5H3. The summed E-state index contributed by atoms with van der Waals surface area (Å²) in [5, 5.41) is 0.905. The van der Waals surface area contributed by atoms with Gasteiger partial charge in [-0.15, -0.1) is 0 Å². The molecule has 0 aliphatic carbocycles. The normalized spacial score (nSPS) is 21.6. The predicted molar refractivity (Wildman–Crippen MR) is 199 cm³/mol. The third-order valence-corrected chi connectivity index (χ3v) is 10.2. The van der Waals surface area contributed by atoms with E-state index in [4.69, 9.17) is 14.7 Å². The van der Waals surface area contributed by atoms with Crippen molar-refractivity contribution in [3.05, 3.63) is 132 Å². The molecule has 0 fully saturated rings. The van der Waals surface area contributed by atoms with Gasteiger partial charge in [0.1, 0.15) is 5.60 Å². The van der Waals surface area contributed by atoms with E-state index in [0.29, 0.717) is 19.3 Å². The van der Waals surface area contributed by atoms with E-state index in [9.17, 15) is 4.79 Å². The van der Waals surface area contributed by atoms with Crippen LogP contribution in [0.25, 0.3) is 10.9 Å². The third-order valence-electron chi connectivity index (χ3n) is 10.2. The number of amides is 2. The largest absolute Gasteiger partial charge is 0.443 e. The molecule has 2 amide bonds. The number of aliphatic imine (C=N–C) groups is 2. The van der Waals surface area contributed by atoms with Crippen LogP contribution in [0.5, 0.6) is 0 Å². The van der Waals surface area contributed by atoms with Crippen LogP contribution in [0.3, 0.4) is 0 Å². The van der Waals surface area contributed by atoms with Crippen molar-refractivity contribution < 1.29 is 14.3 Å². The number of carbonyl (C=O) groups is 2. The van der Waals surface area contributed by atoms with Gasteiger partial charge in [-0.05, 0) is 74.9 Å². The molecule has 3 heterocycles. The van der Waals surface area contributed by atoms with Gasteiger partial charge in [-0.1, -0.05) is 105 Å². The SMILES string of the molecule is CCC1(C(c2ccccc2)(C(C(=O)N(CCc2ccccc2)C(=O)OC(C)(C)C)c2c[nH]c3ccccc23)C2(CC)C=CC=N2)C=CC=N1. The van der Waals surface area contributed by atoms with Crippen molar-refractivity contribution in [2.75, 3.05) is 6.54 Å². The van der Waals surface area contributed by atoms with Crippen molar-refractivity contribution in [3.63, 3.8) is 0 Å². The maximum Gasteiger partial charge on any atom is 0.417 e. The number of aromatic nitrogens is 1. The lowest BCUT2D eigenvalue weighted by Crippen LogP contribution is -2.67. The molecule has 2 aliphatic heterocycles. The summed E-state index contributed by atoms with van der Waals surface area (Å²) in [7, 11) is 0. The molecular weight excluding hydrogens is 608 g/mol.